The monoisotopic (exact) mass is 295 g/mol. The lowest BCUT2D eigenvalue weighted by molar-refractivity contribution is 0.0690. The number of rotatable bonds is 2. The quantitative estimate of drug-likeness (QED) is 0.855. The van der Waals surface area contributed by atoms with Crippen molar-refractivity contribution in [3.8, 4) is 0 Å². The van der Waals surface area contributed by atoms with E-state index < -0.39 is 15.8 Å². The molecule has 0 aliphatic carbocycles. The summed E-state index contributed by atoms with van der Waals surface area (Å²) in [5, 5.41) is 9.38. The van der Waals surface area contributed by atoms with Crippen LogP contribution in [0.4, 0.5) is 5.82 Å². The van der Waals surface area contributed by atoms with Gasteiger partial charge in [-0.25, -0.2) is 18.2 Å². The number of pyridine rings is 1. The first-order valence-electron chi connectivity index (χ1n) is 6.14. The number of imidazole rings is 1. The van der Waals surface area contributed by atoms with E-state index in [1.165, 1.54) is 4.40 Å². The molecule has 1 N–H and O–H groups in total. The minimum atomic E-state index is -3.01. The van der Waals surface area contributed by atoms with Crippen LogP contribution < -0.4 is 4.90 Å². The highest BCUT2D eigenvalue weighted by molar-refractivity contribution is 7.91. The lowest BCUT2D eigenvalue weighted by Gasteiger charge is -2.27. The summed E-state index contributed by atoms with van der Waals surface area (Å²) >= 11 is 0. The molecule has 3 heterocycles. The van der Waals surface area contributed by atoms with Crippen molar-refractivity contribution in [1.82, 2.24) is 9.38 Å². The van der Waals surface area contributed by atoms with Gasteiger partial charge in [-0.05, 0) is 12.1 Å². The second-order valence-corrected chi connectivity index (χ2v) is 6.96. The minimum absolute atomic E-state index is 0.0277. The van der Waals surface area contributed by atoms with Crippen molar-refractivity contribution in [3.05, 3.63) is 30.1 Å². The van der Waals surface area contributed by atoms with Gasteiger partial charge in [-0.1, -0.05) is 6.07 Å². The fourth-order valence-electron chi connectivity index (χ4n) is 2.33. The van der Waals surface area contributed by atoms with Gasteiger partial charge in [0.15, 0.2) is 21.3 Å². The van der Waals surface area contributed by atoms with Gasteiger partial charge in [-0.15, -0.1) is 0 Å². The molecule has 2 aromatic rings. The van der Waals surface area contributed by atoms with E-state index in [0.29, 0.717) is 11.5 Å². The first-order chi connectivity index (χ1) is 9.48. The van der Waals surface area contributed by atoms with E-state index in [2.05, 4.69) is 4.98 Å². The zero-order valence-corrected chi connectivity index (χ0v) is 11.4. The van der Waals surface area contributed by atoms with Crippen LogP contribution in [-0.4, -0.2) is 53.5 Å². The van der Waals surface area contributed by atoms with Crippen molar-refractivity contribution in [2.75, 3.05) is 29.5 Å². The van der Waals surface area contributed by atoms with E-state index in [9.17, 15) is 18.3 Å². The molecule has 0 amide bonds. The first-order valence-corrected chi connectivity index (χ1v) is 7.96. The number of carboxylic acid groups (broad SMARTS) is 1. The summed E-state index contributed by atoms with van der Waals surface area (Å²) < 4.78 is 24.4. The maximum Gasteiger partial charge on any atom is 0.356 e. The van der Waals surface area contributed by atoms with Crippen LogP contribution in [0.1, 0.15) is 10.5 Å². The summed E-state index contributed by atoms with van der Waals surface area (Å²) in [5.41, 5.74) is 0.605. The highest BCUT2D eigenvalue weighted by atomic mass is 32.2. The third-order valence-electron chi connectivity index (χ3n) is 3.36. The zero-order valence-electron chi connectivity index (χ0n) is 10.6. The SMILES string of the molecule is O=C(O)c1c(N2CCS(=O)(=O)CC2)nc2ccccn12. The van der Waals surface area contributed by atoms with Gasteiger partial charge in [0.25, 0.3) is 0 Å². The van der Waals surface area contributed by atoms with E-state index in [0.717, 1.165) is 0 Å². The van der Waals surface area contributed by atoms with Gasteiger partial charge in [0.05, 0.1) is 11.5 Å². The van der Waals surface area contributed by atoms with Crippen LogP contribution in [0.15, 0.2) is 24.4 Å². The fourth-order valence-corrected chi connectivity index (χ4v) is 3.53. The number of anilines is 1. The summed E-state index contributed by atoms with van der Waals surface area (Å²) in [6, 6.07) is 5.22. The maximum atomic E-state index is 11.5. The standard InChI is InChI=1S/C12H13N3O4S/c16-12(17)10-11(13-9-3-1-2-4-15(9)10)14-5-7-20(18,19)8-6-14/h1-4H,5-8H2,(H,16,17). The Morgan fingerprint density at radius 3 is 2.60 bits per heavy atom. The number of aromatic nitrogens is 2. The number of fused-ring (bicyclic) bond motifs is 1. The lowest BCUT2D eigenvalue weighted by Crippen LogP contribution is -2.41. The number of carboxylic acids is 1. The topological polar surface area (TPSA) is 92.0 Å². The highest BCUT2D eigenvalue weighted by Crippen LogP contribution is 2.23. The van der Waals surface area contributed by atoms with Crippen LogP contribution in [0.2, 0.25) is 0 Å². The molecule has 0 spiro atoms. The molecule has 20 heavy (non-hydrogen) atoms. The molecule has 1 fully saturated rings. The molecule has 1 aliphatic rings. The average molecular weight is 295 g/mol. The van der Waals surface area contributed by atoms with Crippen LogP contribution in [0, 0.1) is 0 Å². The molecule has 0 saturated carbocycles. The number of nitrogens with zero attached hydrogens (tertiary/aromatic N) is 3. The second-order valence-electron chi connectivity index (χ2n) is 4.66. The minimum Gasteiger partial charge on any atom is -0.476 e. The number of aromatic carboxylic acids is 1. The van der Waals surface area contributed by atoms with Gasteiger partial charge in [-0.2, -0.15) is 0 Å². The molecule has 106 valence electrons. The molecule has 3 rings (SSSR count). The molecular weight excluding hydrogens is 282 g/mol. The van der Waals surface area contributed by atoms with Crippen LogP contribution in [0.25, 0.3) is 5.65 Å². The van der Waals surface area contributed by atoms with E-state index in [1.54, 1.807) is 29.3 Å². The molecule has 0 unspecified atom stereocenters. The number of hydrogen-bond donors (Lipinski definition) is 1. The van der Waals surface area contributed by atoms with Crippen molar-refractivity contribution < 1.29 is 18.3 Å². The Labute approximate surface area is 115 Å². The molecule has 0 aromatic carbocycles. The Morgan fingerprint density at radius 2 is 1.95 bits per heavy atom. The molecule has 1 saturated heterocycles. The Kier molecular flexibility index (Phi) is 2.89. The highest BCUT2D eigenvalue weighted by Gasteiger charge is 2.28. The van der Waals surface area contributed by atoms with Gasteiger partial charge in [-0.3, -0.25) is 4.40 Å². The number of hydrogen-bond acceptors (Lipinski definition) is 5. The Morgan fingerprint density at radius 1 is 1.25 bits per heavy atom. The number of sulfone groups is 1. The molecule has 0 radical (unpaired) electrons. The normalized spacial score (nSPS) is 18.3. The Balaban J connectivity index is 2.07. The van der Waals surface area contributed by atoms with Crippen LogP contribution >= 0.6 is 0 Å². The van der Waals surface area contributed by atoms with E-state index in [4.69, 9.17) is 0 Å². The first kappa shape index (κ1) is 12.9. The summed E-state index contributed by atoms with van der Waals surface area (Å²) in [7, 11) is -3.01. The predicted molar refractivity (Wildman–Crippen MR) is 73.0 cm³/mol. The Hall–Kier alpha value is -2.09. The van der Waals surface area contributed by atoms with Gasteiger partial charge in [0.2, 0.25) is 0 Å². The molecule has 1 aliphatic heterocycles. The Bertz CT molecular complexity index is 767. The summed E-state index contributed by atoms with van der Waals surface area (Å²) in [4.78, 5) is 17.5. The van der Waals surface area contributed by atoms with Crippen molar-refractivity contribution in [2.45, 2.75) is 0 Å². The van der Waals surface area contributed by atoms with Crippen molar-refractivity contribution >= 4 is 27.3 Å². The molecule has 0 bridgehead atoms. The maximum absolute atomic E-state index is 11.5. The largest absolute Gasteiger partial charge is 0.476 e. The lowest BCUT2D eigenvalue weighted by atomic mass is 10.3. The molecule has 8 heteroatoms. The third kappa shape index (κ3) is 2.11. The third-order valence-corrected chi connectivity index (χ3v) is 4.97. The van der Waals surface area contributed by atoms with E-state index in [1.807, 2.05) is 0 Å². The molecule has 7 nitrogen and oxygen atoms in total. The van der Waals surface area contributed by atoms with Crippen LogP contribution in [0.3, 0.4) is 0 Å². The van der Waals surface area contributed by atoms with Gasteiger partial charge in [0.1, 0.15) is 5.65 Å². The zero-order chi connectivity index (χ0) is 14.3. The fraction of sp³-hybridized carbons (Fsp3) is 0.333. The summed E-state index contributed by atoms with van der Waals surface area (Å²) in [6.07, 6.45) is 1.63. The van der Waals surface area contributed by atoms with E-state index in [-0.39, 0.29) is 30.3 Å². The van der Waals surface area contributed by atoms with Crippen LogP contribution in [0.5, 0.6) is 0 Å². The average Bonchev–Trinajstić information content (AvgIpc) is 2.77. The van der Waals surface area contributed by atoms with Gasteiger partial charge >= 0.3 is 5.97 Å². The summed E-state index contributed by atoms with van der Waals surface area (Å²) in [6.45, 7) is 0.541. The molecular formula is C12H13N3O4S. The number of carbonyl (C=O) groups is 1. The van der Waals surface area contributed by atoms with Crippen molar-refractivity contribution in [1.29, 1.82) is 0 Å². The second kappa shape index (κ2) is 4.48. The predicted octanol–water partition coefficient (Wildman–Crippen LogP) is 0.267. The van der Waals surface area contributed by atoms with Gasteiger partial charge < -0.3 is 10.0 Å². The molecule has 2 aromatic heterocycles. The molecule has 0 atom stereocenters. The van der Waals surface area contributed by atoms with Gasteiger partial charge in [0, 0.05) is 19.3 Å². The van der Waals surface area contributed by atoms with E-state index >= 15 is 0 Å². The smallest absolute Gasteiger partial charge is 0.356 e. The van der Waals surface area contributed by atoms with Crippen molar-refractivity contribution in [3.63, 3.8) is 0 Å². The van der Waals surface area contributed by atoms with Crippen LogP contribution in [-0.2, 0) is 9.84 Å². The van der Waals surface area contributed by atoms with Crippen molar-refractivity contribution in [2.24, 2.45) is 0 Å². The summed E-state index contributed by atoms with van der Waals surface area (Å²) in [5.74, 6) is -0.689.